The molecule has 4 aromatic rings. The van der Waals surface area contributed by atoms with Gasteiger partial charge in [-0.05, 0) is 35.9 Å². The topological polar surface area (TPSA) is 88.6 Å². The molecule has 0 unspecified atom stereocenters. The third kappa shape index (κ3) is 5.12. The zero-order valence-corrected chi connectivity index (χ0v) is 20.5. The lowest BCUT2D eigenvalue weighted by atomic mass is 10.1. The number of carbonyl (C=O) groups is 1. The van der Waals surface area contributed by atoms with Gasteiger partial charge in [-0.25, -0.2) is 9.97 Å². The van der Waals surface area contributed by atoms with Crippen molar-refractivity contribution in [1.82, 2.24) is 20.2 Å². The van der Waals surface area contributed by atoms with Crippen LogP contribution in [0.2, 0.25) is 0 Å². The maximum Gasteiger partial charge on any atom is 0.255 e. The molecule has 0 atom stereocenters. The molecule has 5 rings (SSSR count). The van der Waals surface area contributed by atoms with Crippen molar-refractivity contribution in [3.63, 3.8) is 0 Å². The Labute approximate surface area is 207 Å². The number of ether oxygens (including phenoxy) is 2. The molecule has 1 aliphatic rings. The Morgan fingerprint density at radius 1 is 1.09 bits per heavy atom. The van der Waals surface area contributed by atoms with E-state index in [2.05, 4.69) is 26.6 Å². The number of hydrogen-bond acceptors (Lipinski definition) is 8. The molecule has 0 bridgehead atoms. The van der Waals surface area contributed by atoms with Crippen molar-refractivity contribution in [3.8, 4) is 22.1 Å². The minimum absolute atomic E-state index is 0.256. The summed E-state index contributed by atoms with van der Waals surface area (Å²) in [5.74, 6) is 0.849. The number of fused-ring (bicyclic) bond motifs is 1. The van der Waals surface area contributed by atoms with Crippen molar-refractivity contribution in [2.24, 2.45) is 0 Å². The molecule has 2 N–H and O–H groups in total. The standard InChI is InChI=1S/C26H27N5O3S/c1-33-19-13-18(14-20(15-19)34-2)24(32)29-22-6-4-3-5-21(22)25-30-23-17(7-8-28-26(23)35-25)16-31-11-9-27-10-12-31/h3-8,13-15,27H,9-12,16H2,1-2H3,(H,29,32). The van der Waals surface area contributed by atoms with E-state index in [0.29, 0.717) is 22.7 Å². The molecule has 0 radical (unpaired) electrons. The molecule has 180 valence electrons. The number of piperazine rings is 1. The maximum absolute atomic E-state index is 13.1. The van der Waals surface area contributed by atoms with Crippen LogP contribution in [0, 0.1) is 0 Å². The summed E-state index contributed by atoms with van der Waals surface area (Å²) in [5, 5.41) is 7.25. The van der Waals surface area contributed by atoms with Gasteiger partial charge < -0.3 is 20.1 Å². The molecule has 1 saturated heterocycles. The molecule has 3 heterocycles. The van der Waals surface area contributed by atoms with E-state index in [0.717, 1.165) is 53.6 Å². The van der Waals surface area contributed by atoms with E-state index in [4.69, 9.17) is 14.5 Å². The number of methoxy groups -OCH3 is 2. The molecule has 8 nitrogen and oxygen atoms in total. The van der Waals surface area contributed by atoms with Gasteiger partial charge >= 0.3 is 0 Å². The summed E-state index contributed by atoms with van der Waals surface area (Å²) in [6.07, 6.45) is 1.85. The van der Waals surface area contributed by atoms with Crippen LogP contribution in [0.1, 0.15) is 15.9 Å². The number of para-hydroxylation sites is 1. The van der Waals surface area contributed by atoms with Gasteiger partial charge in [0, 0.05) is 56.1 Å². The monoisotopic (exact) mass is 489 g/mol. The Kier molecular flexibility index (Phi) is 6.89. The van der Waals surface area contributed by atoms with Crippen LogP contribution in [0.4, 0.5) is 5.69 Å². The number of thiazole rings is 1. The summed E-state index contributed by atoms with van der Waals surface area (Å²) in [6.45, 7) is 4.89. The van der Waals surface area contributed by atoms with Gasteiger partial charge in [-0.1, -0.05) is 23.5 Å². The van der Waals surface area contributed by atoms with Gasteiger partial charge in [0.15, 0.2) is 0 Å². The Morgan fingerprint density at radius 3 is 2.57 bits per heavy atom. The second-order valence-corrected chi connectivity index (χ2v) is 9.25. The number of aromatic nitrogens is 2. The zero-order chi connectivity index (χ0) is 24.2. The third-order valence-corrected chi connectivity index (χ3v) is 7.00. The molecule has 0 spiro atoms. The van der Waals surface area contributed by atoms with Crippen LogP contribution in [-0.4, -0.2) is 61.2 Å². The van der Waals surface area contributed by atoms with Gasteiger partial charge in [-0.15, -0.1) is 0 Å². The molecule has 0 aliphatic carbocycles. The first-order valence-electron chi connectivity index (χ1n) is 11.5. The number of amides is 1. The van der Waals surface area contributed by atoms with E-state index >= 15 is 0 Å². The summed E-state index contributed by atoms with van der Waals surface area (Å²) in [4.78, 5) is 26.0. The lowest BCUT2D eigenvalue weighted by Crippen LogP contribution is -2.42. The van der Waals surface area contributed by atoms with Crippen molar-refractivity contribution in [2.75, 3.05) is 45.7 Å². The van der Waals surface area contributed by atoms with Gasteiger partial charge in [0.2, 0.25) is 0 Å². The second-order valence-electron chi connectivity index (χ2n) is 8.27. The molecule has 2 aromatic heterocycles. The first-order valence-corrected chi connectivity index (χ1v) is 12.3. The second kappa shape index (κ2) is 10.4. The van der Waals surface area contributed by atoms with E-state index in [9.17, 15) is 4.79 Å². The first-order chi connectivity index (χ1) is 17.1. The fourth-order valence-electron chi connectivity index (χ4n) is 4.15. The Bertz CT molecular complexity index is 1330. The van der Waals surface area contributed by atoms with Gasteiger partial charge in [-0.2, -0.15) is 0 Å². The third-order valence-electron chi connectivity index (χ3n) is 6.00. The van der Waals surface area contributed by atoms with Crippen molar-refractivity contribution < 1.29 is 14.3 Å². The summed E-state index contributed by atoms with van der Waals surface area (Å²) < 4.78 is 10.6. The number of carbonyl (C=O) groups excluding carboxylic acids is 1. The number of nitrogens with one attached hydrogen (secondary N) is 2. The zero-order valence-electron chi connectivity index (χ0n) is 19.7. The highest BCUT2D eigenvalue weighted by Gasteiger charge is 2.18. The molecular weight excluding hydrogens is 462 g/mol. The Hall–Kier alpha value is -3.53. The van der Waals surface area contributed by atoms with Crippen LogP contribution in [0.3, 0.4) is 0 Å². The predicted octanol–water partition coefficient (Wildman–Crippen LogP) is 4.03. The lowest BCUT2D eigenvalue weighted by molar-refractivity contribution is 0.102. The number of nitrogens with zero attached hydrogens (tertiary/aromatic N) is 3. The van der Waals surface area contributed by atoms with E-state index in [-0.39, 0.29) is 5.91 Å². The molecule has 1 amide bonds. The van der Waals surface area contributed by atoms with Crippen LogP contribution in [-0.2, 0) is 6.54 Å². The Morgan fingerprint density at radius 2 is 1.83 bits per heavy atom. The molecule has 1 aliphatic heterocycles. The predicted molar refractivity (Wildman–Crippen MR) is 138 cm³/mol. The number of benzene rings is 2. The van der Waals surface area contributed by atoms with E-state index in [1.165, 1.54) is 16.9 Å². The molecule has 2 aromatic carbocycles. The summed E-state index contributed by atoms with van der Waals surface area (Å²) in [7, 11) is 3.12. The Balaban J connectivity index is 1.44. The lowest BCUT2D eigenvalue weighted by Gasteiger charge is -2.27. The molecular formula is C26H27N5O3S. The van der Waals surface area contributed by atoms with Crippen LogP contribution in [0.25, 0.3) is 20.9 Å². The summed E-state index contributed by atoms with van der Waals surface area (Å²) in [6, 6.07) is 14.8. The van der Waals surface area contributed by atoms with E-state index in [1.54, 1.807) is 32.4 Å². The van der Waals surface area contributed by atoms with E-state index in [1.807, 2.05) is 30.5 Å². The van der Waals surface area contributed by atoms with Crippen molar-refractivity contribution in [3.05, 3.63) is 65.9 Å². The highest BCUT2D eigenvalue weighted by Crippen LogP contribution is 2.35. The smallest absolute Gasteiger partial charge is 0.255 e. The average Bonchev–Trinajstić information content (AvgIpc) is 3.34. The largest absolute Gasteiger partial charge is 0.497 e. The number of anilines is 1. The molecule has 35 heavy (non-hydrogen) atoms. The van der Waals surface area contributed by atoms with E-state index < -0.39 is 0 Å². The van der Waals surface area contributed by atoms with Crippen molar-refractivity contribution in [2.45, 2.75) is 6.54 Å². The molecule has 9 heteroatoms. The SMILES string of the molecule is COc1cc(OC)cc(C(=O)Nc2ccccc2-c2nc3c(CN4CCNCC4)ccnc3s2)c1. The average molecular weight is 490 g/mol. The van der Waals surface area contributed by atoms with Crippen LogP contribution < -0.4 is 20.1 Å². The fourth-order valence-corrected chi connectivity index (χ4v) is 5.14. The highest BCUT2D eigenvalue weighted by molar-refractivity contribution is 7.21. The van der Waals surface area contributed by atoms with Crippen LogP contribution in [0.15, 0.2) is 54.7 Å². The highest BCUT2D eigenvalue weighted by atomic mass is 32.1. The molecule has 1 fully saturated rings. The molecule has 0 saturated carbocycles. The normalized spacial score (nSPS) is 14.1. The summed E-state index contributed by atoms with van der Waals surface area (Å²) >= 11 is 1.53. The van der Waals surface area contributed by atoms with Crippen molar-refractivity contribution >= 4 is 33.3 Å². The van der Waals surface area contributed by atoms with Crippen molar-refractivity contribution in [1.29, 1.82) is 0 Å². The van der Waals surface area contributed by atoms with Gasteiger partial charge in [-0.3, -0.25) is 9.69 Å². The quantitative estimate of drug-likeness (QED) is 0.405. The first kappa shape index (κ1) is 23.2. The maximum atomic E-state index is 13.1. The minimum atomic E-state index is -0.256. The number of hydrogen-bond donors (Lipinski definition) is 2. The minimum Gasteiger partial charge on any atom is -0.497 e. The number of pyridine rings is 1. The summed E-state index contributed by atoms with van der Waals surface area (Å²) in [5.41, 5.74) is 4.07. The van der Waals surface area contributed by atoms with Gasteiger partial charge in [0.1, 0.15) is 26.9 Å². The van der Waals surface area contributed by atoms with Gasteiger partial charge in [0.05, 0.1) is 19.9 Å². The fraction of sp³-hybridized carbons (Fsp3) is 0.269. The van der Waals surface area contributed by atoms with Gasteiger partial charge in [0.25, 0.3) is 5.91 Å². The van der Waals surface area contributed by atoms with Crippen LogP contribution >= 0.6 is 11.3 Å². The number of rotatable bonds is 7. The van der Waals surface area contributed by atoms with Crippen LogP contribution in [0.5, 0.6) is 11.5 Å².